The van der Waals surface area contributed by atoms with E-state index < -0.39 is 9.84 Å². The van der Waals surface area contributed by atoms with Gasteiger partial charge in [0.05, 0.1) is 11.5 Å². The maximum atomic E-state index is 11.6. The third kappa shape index (κ3) is 4.82. The van der Waals surface area contributed by atoms with E-state index in [0.29, 0.717) is 23.3 Å². The van der Waals surface area contributed by atoms with Crippen molar-refractivity contribution in [2.45, 2.75) is 39.2 Å². The van der Waals surface area contributed by atoms with Crippen molar-refractivity contribution in [1.29, 1.82) is 0 Å². The molecule has 3 nitrogen and oxygen atoms in total. The molecule has 1 heterocycles. The lowest BCUT2D eigenvalue weighted by Gasteiger charge is -2.21. The van der Waals surface area contributed by atoms with Gasteiger partial charge in [-0.05, 0) is 49.3 Å². The van der Waals surface area contributed by atoms with E-state index in [1.807, 2.05) is 7.05 Å². The smallest absolute Gasteiger partial charge is 0.150 e. The predicted octanol–water partition coefficient (Wildman–Crippen LogP) is 2.97. The van der Waals surface area contributed by atoms with Crippen LogP contribution in [0.2, 0.25) is 0 Å². The molecule has 0 aromatic heterocycles. The molecule has 21 heavy (non-hydrogen) atoms. The molecule has 0 radical (unpaired) electrons. The first-order valence-corrected chi connectivity index (χ1v) is 9.68. The number of hydrogen-bond acceptors (Lipinski definition) is 3. The van der Waals surface area contributed by atoms with Crippen molar-refractivity contribution < 1.29 is 8.42 Å². The lowest BCUT2D eigenvalue weighted by atomic mass is 9.92. The maximum Gasteiger partial charge on any atom is 0.150 e. The van der Waals surface area contributed by atoms with Crippen LogP contribution in [0.15, 0.2) is 24.3 Å². The van der Waals surface area contributed by atoms with Gasteiger partial charge in [0, 0.05) is 6.04 Å². The Morgan fingerprint density at radius 2 is 2.10 bits per heavy atom. The van der Waals surface area contributed by atoms with Gasteiger partial charge in [0.25, 0.3) is 0 Å². The van der Waals surface area contributed by atoms with Crippen molar-refractivity contribution in [3.63, 3.8) is 0 Å². The summed E-state index contributed by atoms with van der Waals surface area (Å²) in [7, 11) is -0.822. The largest absolute Gasteiger partial charge is 0.313 e. The van der Waals surface area contributed by atoms with E-state index in [0.717, 1.165) is 19.3 Å². The molecule has 1 aliphatic rings. The van der Waals surface area contributed by atoms with Crippen LogP contribution in [-0.4, -0.2) is 27.0 Å². The zero-order valence-electron chi connectivity index (χ0n) is 13.3. The van der Waals surface area contributed by atoms with Gasteiger partial charge in [0.15, 0.2) is 9.84 Å². The summed E-state index contributed by atoms with van der Waals surface area (Å²) in [5, 5.41) is 3.36. The lowest BCUT2D eigenvalue weighted by molar-refractivity contribution is 0.437. The van der Waals surface area contributed by atoms with Gasteiger partial charge in [-0.15, -0.1) is 0 Å². The third-order valence-corrected chi connectivity index (χ3v) is 6.08. The molecule has 1 saturated heterocycles. The Bertz CT molecular complexity index is 566. The molecule has 0 saturated carbocycles. The van der Waals surface area contributed by atoms with Crippen molar-refractivity contribution in [2.24, 2.45) is 11.8 Å². The number of nitrogens with one attached hydrogen (secondary N) is 1. The van der Waals surface area contributed by atoms with Gasteiger partial charge in [-0.2, -0.15) is 0 Å². The van der Waals surface area contributed by atoms with Crippen LogP contribution in [0.1, 0.15) is 43.9 Å². The second-order valence-corrected chi connectivity index (χ2v) is 8.92. The van der Waals surface area contributed by atoms with Gasteiger partial charge in [0.1, 0.15) is 0 Å². The summed E-state index contributed by atoms with van der Waals surface area (Å²) in [5.41, 5.74) is 2.64. The van der Waals surface area contributed by atoms with Crippen LogP contribution >= 0.6 is 0 Å². The van der Waals surface area contributed by atoms with Gasteiger partial charge in [-0.1, -0.05) is 38.1 Å². The van der Waals surface area contributed by atoms with Crippen LogP contribution in [0.5, 0.6) is 0 Å². The quantitative estimate of drug-likeness (QED) is 0.879. The molecule has 1 aromatic rings. The molecule has 1 aliphatic heterocycles. The van der Waals surface area contributed by atoms with E-state index in [4.69, 9.17) is 0 Å². The average Bonchev–Trinajstić information content (AvgIpc) is 2.75. The molecule has 0 bridgehead atoms. The topological polar surface area (TPSA) is 46.2 Å². The molecule has 1 N–H and O–H groups in total. The van der Waals surface area contributed by atoms with Crippen molar-refractivity contribution in [2.75, 3.05) is 18.6 Å². The number of rotatable bonds is 6. The summed E-state index contributed by atoms with van der Waals surface area (Å²) in [6.07, 6.45) is 2.80. The highest BCUT2D eigenvalue weighted by atomic mass is 32.2. The maximum absolute atomic E-state index is 11.6. The fraction of sp³-hybridized carbons (Fsp3) is 0.647. The molecule has 118 valence electrons. The Hall–Kier alpha value is -0.870. The van der Waals surface area contributed by atoms with Gasteiger partial charge in [0.2, 0.25) is 0 Å². The molecule has 0 aliphatic carbocycles. The Morgan fingerprint density at radius 3 is 2.67 bits per heavy atom. The van der Waals surface area contributed by atoms with E-state index in [2.05, 4.69) is 43.4 Å². The number of benzene rings is 1. The zero-order chi connectivity index (χ0) is 15.5. The highest BCUT2D eigenvalue weighted by Gasteiger charge is 2.29. The van der Waals surface area contributed by atoms with Crippen LogP contribution in [0.3, 0.4) is 0 Å². The summed E-state index contributed by atoms with van der Waals surface area (Å²) >= 11 is 0. The highest BCUT2D eigenvalue weighted by molar-refractivity contribution is 7.91. The Labute approximate surface area is 129 Å². The van der Waals surface area contributed by atoms with Gasteiger partial charge >= 0.3 is 0 Å². The van der Waals surface area contributed by atoms with Crippen molar-refractivity contribution in [1.82, 2.24) is 5.32 Å². The van der Waals surface area contributed by atoms with Crippen LogP contribution in [0, 0.1) is 11.8 Å². The molecule has 0 spiro atoms. The molecule has 1 aromatic carbocycles. The molecule has 2 atom stereocenters. The van der Waals surface area contributed by atoms with Crippen LogP contribution in [0.4, 0.5) is 0 Å². The Kier molecular flexibility index (Phi) is 5.44. The second kappa shape index (κ2) is 6.93. The minimum atomic E-state index is -2.78. The summed E-state index contributed by atoms with van der Waals surface area (Å²) in [6, 6.07) is 8.95. The summed E-state index contributed by atoms with van der Waals surface area (Å²) in [5.74, 6) is 1.66. The monoisotopic (exact) mass is 309 g/mol. The molecule has 4 heteroatoms. The second-order valence-electron chi connectivity index (χ2n) is 6.69. The number of sulfone groups is 1. The van der Waals surface area contributed by atoms with Crippen LogP contribution in [0.25, 0.3) is 0 Å². The predicted molar refractivity (Wildman–Crippen MR) is 88.2 cm³/mol. The summed E-state index contributed by atoms with van der Waals surface area (Å²) < 4.78 is 23.2. The fourth-order valence-corrected chi connectivity index (χ4v) is 5.10. The SMILES string of the molecule is CNC(CC1CCS(=O)(=O)C1)c1cccc(CC(C)C)c1. The number of hydrogen-bond donors (Lipinski definition) is 1. The van der Waals surface area contributed by atoms with Gasteiger partial charge in [-0.3, -0.25) is 0 Å². The Balaban J connectivity index is 2.07. The first kappa shape index (κ1) is 16.5. The molecular weight excluding hydrogens is 282 g/mol. The molecule has 2 rings (SSSR count). The van der Waals surface area contributed by atoms with E-state index in [1.54, 1.807) is 0 Å². The van der Waals surface area contributed by atoms with E-state index >= 15 is 0 Å². The lowest BCUT2D eigenvalue weighted by Crippen LogP contribution is -2.20. The summed E-state index contributed by atoms with van der Waals surface area (Å²) in [6.45, 7) is 4.46. The molecule has 0 amide bonds. The summed E-state index contributed by atoms with van der Waals surface area (Å²) in [4.78, 5) is 0. The average molecular weight is 309 g/mol. The van der Waals surface area contributed by atoms with E-state index in [-0.39, 0.29) is 6.04 Å². The minimum Gasteiger partial charge on any atom is -0.313 e. The molecular formula is C17H27NO2S. The van der Waals surface area contributed by atoms with Crippen molar-refractivity contribution >= 4 is 9.84 Å². The molecule has 2 unspecified atom stereocenters. The van der Waals surface area contributed by atoms with Gasteiger partial charge in [-0.25, -0.2) is 8.42 Å². The molecule has 1 fully saturated rings. The third-order valence-electron chi connectivity index (χ3n) is 4.24. The van der Waals surface area contributed by atoms with Crippen molar-refractivity contribution in [3.8, 4) is 0 Å². The van der Waals surface area contributed by atoms with Crippen LogP contribution < -0.4 is 5.32 Å². The highest BCUT2D eigenvalue weighted by Crippen LogP contribution is 2.29. The Morgan fingerprint density at radius 1 is 1.33 bits per heavy atom. The van der Waals surface area contributed by atoms with Crippen LogP contribution in [-0.2, 0) is 16.3 Å². The minimum absolute atomic E-state index is 0.246. The first-order chi connectivity index (χ1) is 9.89. The normalized spacial score (nSPS) is 22.6. The van der Waals surface area contributed by atoms with E-state index in [9.17, 15) is 8.42 Å². The van der Waals surface area contributed by atoms with Crippen molar-refractivity contribution in [3.05, 3.63) is 35.4 Å². The fourth-order valence-electron chi connectivity index (χ4n) is 3.22. The van der Waals surface area contributed by atoms with E-state index in [1.165, 1.54) is 11.1 Å². The first-order valence-electron chi connectivity index (χ1n) is 7.86. The standard InChI is InChI=1S/C17H27NO2S/c1-13(2)9-14-5-4-6-16(10-14)17(18-3)11-15-7-8-21(19,20)12-15/h4-6,10,13,15,17-18H,7-9,11-12H2,1-3H3. The zero-order valence-corrected chi connectivity index (χ0v) is 14.1. The van der Waals surface area contributed by atoms with Gasteiger partial charge < -0.3 is 5.32 Å².